The molecule has 1 saturated carbocycles. The number of hydrogen-bond donors (Lipinski definition) is 3. The van der Waals surface area contributed by atoms with Crippen molar-refractivity contribution in [2.24, 2.45) is 0 Å². The van der Waals surface area contributed by atoms with Crippen molar-refractivity contribution in [3.63, 3.8) is 0 Å². The van der Waals surface area contributed by atoms with Gasteiger partial charge in [-0.1, -0.05) is 36.4 Å². The highest BCUT2D eigenvalue weighted by molar-refractivity contribution is 6.04. The van der Waals surface area contributed by atoms with E-state index < -0.39 is 6.04 Å². The van der Waals surface area contributed by atoms with Gasteiger partial charge in [0.05, 0.1) is 0 Å². The highest BCUT2D eigenvalue weighted by Gasteiger charge is 2.23. The van der Waals surface area contributed by atoms with Crippen molar-refractivity contribution in [1.82, 2.24) is 5.32 Å². The van der Waals surface area contributed by atoms with E-state index in [0.29, 0.717) is 11.6 Å². The molecule has 0 spiro atoms. The Morgan fingerprint density at radius 3 is 2.39 bits per heavy atom. The third kappa shape index (κ3) is 4.14. The Morgan fingerprint density at radius 1 is 0.929 bits per heavy atom. The van der Waals surface area contributed by atoms with E-state index in [1.807, 2.05) is 61.5 Å². The molecule has 2 amide bonds. The van der Waals surface area contributed by atoms with Gasteiger partial charge in [-0.05, 0) is 55.5 Å². The normalized spacial score (nSPS) is 14.3. The molecule has 1 atom stereocenters. The van der Waals surface area contributed by atoms with Crippen LogP contribution in [-0.4, -0.2) is 23.9 Å². The Balaban J connectivity index is 1.39. The molecule has 1 unspecified atom stereocenters. The summed E-state index contributed by atoms with van der Waals surface area (Å²) >= 11 is 0. The van der Waals surface area contributed by atoms with Crippen molar-refractivity contribution < 1.29 is 9.59 Å². The Kier molecular flexibility index (Phi) is 4.98. The first-order valence-corrected chi connectivity index (χ1v) is 9.56. The molecule has 0 aromatic heterocycles. The minimum absolute atomic E-state index is 0.0456. The van der Waals surface area contributed by atoms with Gasteiger partial charge in [-0.2, -0.15) is 0 Å². The number of amides is 2. The summed E-state index contributed by atoms with van der Waals surface area (Å²) in [6.07, 6.45) is 2.13. The van der Waals surface area contributed by atoms with E-state index in [-0.39, 0.29) is 11.8 Å². The molecule has 4 rings (SSSR count). The zero-order valence-electron chi connectivity index (χ0n) is 15.7. The number of fused-ring (bicyclic) bond motifs is 1. The first-order valence-electron chi connectivity index (χ1n) is 9.56. The third-order valence-corrected chi connectivity index (χ3v) is 4.88. The van der Waals surface area contributed by atoms with Crippen LogP contribution in [0, 0.1) is 0 Å². The van der Waals surface area contributed by atoms with Gasteiger partial charge in [0, 0.05) is 28.4 Å². The Hall–Kier alpha value is -3.34. The smallest absolute Gasteiger partial charge is 0.251 e. The van der Waals surface area contributed by atoms with Crippen LogP contribution in [0.1, 0.15) is 30.1 Å². The Morgan fingerprint density at radius 2 is 1.64 bits per heavy atom. The predicted molar refractivity (Wildman–Crippen MR) is 113 cm³/mol. The summed E-state index contributed by atoms with van der Waals surface area (Å²) in [4.78, 5) is 24.7. The van der Waals surface area contributed by atoms with Crippen LogP contribution < -0.4 is 16.0 Å². The van der Waals surface area contributed by atoms with Gasteiger partial charge in [0.25, 0.3) is 5.91 Å². The number of nitrogens with one attached hydrogen (secondary N) is 3. The highest BCUT2D eigenvalue weighted by atomic mass is 16.2. The van der Waals surface area contributed by atoms with Crippen molar-refractivity contribution in [2.75, 3.05) is 10.6 Å². The maximum Gasteiger partial charge on any atom is 0.251 e. The zero-order chi connectivity index (χ0) is 19.5. The van der Waals surface area contributed by atoms with E-state index in [4.69, 9.17) is 0 Å². The summed E-state index contributed by atoms with van der Waals surface area (Å²) < 4.78 is 0. The van der Waals surface area contributed by atoms with E-state index in [1.54, 1.807) is 12.1 Å². The second-order valence-electron chi connectivity index (χ2n) is 7.21. The van der Waals surface area contributed by atoms with E-state index in [1.165, 1.54) is 0 Å². The molecule has 5 nitrogen and oxygen atoms in total. The molecular formula is C23H23N3O2. The van der Waals surface area contributed by atoms with Gasteiger partial charge >= 0.3 is 0 Å². The van der Waals surface area contributed by atoms with Crippen LogP contribution in [-0.2, 0) is 4.79 Å². The molecule has 142 valence electrons. The summed E-state index contributed by atoms with van der Waals surface area (Å²) in [5, 5.41) is 11.2. The van der Waals surface area contributed by atoms with Gasteiger partial charge in [-0.15, -0.1) is 0 Å². The maximum atomic E-state index is 12.6. The SMILES string of the molecule is CC(Nc1ccc(C(=O)NC2CC2)cc1)C(=O)Nc1cccc2ccccc12. The molecule has 5 heteroatoms. The minimum atomic E-state index is -0.426. The molecule has 1 aliphatic rings. The lowest BCUT2D eigenvalue weighted by molar-refractivity contribution is -0.116. The second-order valence-corrected chi connectivity index (χ2v) is 7.21. The lowest BCUT2D eigenvalue weighted by Gasteiger charge is -2.16. The van der Waals surface area contributed by atoms with Crippen molar-refractivity contribution in [3.05, 3.63) is 72.3 Å². The topological polar surface area (TPSA) is 70.2 Å². The lowest BCUT2D eigenvalue weighted by Crippen LogP contribution is -2.32. The molecule has 0 heterocycles. The maximum absolute atomic E-state index is 12.6. The number of hydrogen-bond acceptors (Lipinski definition) is 3. The van der Waals surface area contributed by atoms with Crippen LogP contribution in [0.3, 0.4) is 0 Å². The molecular weight excluding hydrogens is 350 g/mol. The van der Waals surface area contributed by atoms with Gasteiger partial charge in [0.1, 0.15) is 6.04 Å². The van der Waals surface area contributed by atoms with Crippen LogP contribution in [0.15, 0.2) is 66.7 Å². The molecule has 3 aromatic rings. The number of carbonyl (C=O) groups excluding carboxylic acids is 2. The van der Waals surface area contributed by atoms with E-state index in [9.17, 15) is 9.59 Å². The number of carbonyl (C=O) groups is 2. The minimum Gasteiger partial charge on any atom is -0.374 e. The van der Waals surface area contributed by atoms with Crippen LogP contribution in [0.5, 0.6) is 0 Å². The van der Waals surface area contributed by atoms with Crippen molar-refractivity contribution in [1.29, 1.82) is 0 Å². The molecule has 1 fully saturated rings. The van der Waals surface area contributed by atoms with E-state index >= 15 is 0 Å². The molecule has 28 heavy (non-hydrogen) atoms. The van der Waals surface area contributed by atoms with Gasteiger partial charge in [-0.3, -0.25) is 9.59 Å². The number of anilines is 2. The lowest BCUT2D eigenvalue weighted by atomic mass is 10.1. The fourth-order valence-corrected chi connectivity index (χ4v) is 3.11. The Bertz CT molecular complexity index is 1000. The highest BCUT2D eigenvalue weighted by Crippen LogP contribution is 2.23. The van der Waals surface area contributed by atoms with Gasteiger partial charge in [0.2, 0.25) is 5.91 Å². The average molecular weight is 373 g/mol. The quantitative estimate of drug-likeness (QED) is 0.607. The van der Waals surface area contributed by atoms with Crippen molar-refractivity contribution in [2.45, 2.75) is 31.8 Å². The first kappa shape index (κ1) is 18.0. The summed E-state index contributed by atoms with van der Waals surface area (Å²) in [5.41, 5.74) is 2.22. The van der Waals surface area contributed by atoms with E-state index in [0.717, 1.165) is 35.0 Å². The fraction of sp³-hybridized carbons (Fsp3) is 0.217. The molecule has 3 aromatic carbocycles. The van der Waals surface area contributed by atoms with Crippen LogP contribution >= 0.6 is 0 Å². The molecule has 1 aliphatic carbocycles. The summed E-state index contributed by atoms with van der Waals surface area (Å²) in [5.74, 6) is -0.164. The first-order chi connectivity index (χ1) is 13.6. The van der Waals surface area contributed by atoms with Crippen LogP contribution in [0.25, 0.3) is 10.8 Å². The second kappa shape index (κ2) is 7.72. The molecule has 0 radical (unpaired) electrons. The molecule has 0 saturated heterocycles. The standard InChI is InChI=1S/C23H23N3O2/c1-15(22(27)26-21-8-4-6-16-5-2-3-7-20(16)21)24-18-11-9-17(10-12-18)23(28)25-19-13-14-19/h2-12,15,19,24H,13-14H2,1H3,(H,25,28)(H,26,27). The van der Waals surface area contributed by atoms with Crippen molar-refractivity contribution in [3.8, 4) is 0 Å². The molecule has 3 N–H and O–H groups in total. The molecule has 0 bridgehead atoms. The Labute approximate surface area is 164 Å². The molecule has 0 aliphatic heterocycles. The van der Waals surface area contributed by atoms with E-state index in [2.05, 4.69) is 16.0 Å². The summed E-state index contributed by atoms with van der Waals surface area (Å²) in [7, 11) is 0. The van der Waals surface area contributed by atoms with Gasteiger partial charge < -0.3 is 16.0 Å². The summed E-state index contributed by atoms with van der Waals surface area (Å²) in [6.45, 7) is 1.81. The number of benzene rings is 3. The largest absolute Gasteiger partial charge is 0.374 e. The van der Waals surface area contributed by atoms with Crippen LogP contribution in [0.2, 0.25) is 0 Å². The number of rotatable bonds is 6. The summed E-state index contributed by atoms with van der Waals surface area (Å²) in [6, 6.07) is 20.9. The third-order valence-electron chi connectivity index (χ3n) is 4.88. The fourth-order valence-electron chi connectivity index (χ4n) is 3.11. The average Bonchev–Trinajstić information content (AvgIpc) is 3.52. The van der Waals surface area contributed by atoms with Crippen LogP contribution in [0.4, 0.5) is 11.4 Å². The van der Waals surface area contributed by atoms with Gasteiger partial charge in [-0.25, -0.2) is 0 Å². The predicted octanol–water partition coefficient (Wildman–Crippen LogP) is 4.17. The van der Waals surface area contributed by atoms with Crippen molar-refractivity contribution >= 4 is 34.0 Å². The monoisotopic (exact) mass is 373 g/mol. The zero-order valence-corrected chi connectivity index (χ0v) is 15.7. The van der Waals surface area contributed by atoms with Gasteiger partial charge in [0.15, 0.2) is 0 Å².